The number of rotatable bonds is 8. The fraction of sp³-hybridized carbons (Fsp3) is 0.565. The first-order chi connectivity index (χ1) is 14.2. The Morgan fingerprint density at radius 2 is 1.97 bits per heavy atom. The highest BCUT2D eigenvalue weighted by atomic mass is 16.5. The van der Waals surface area contributed by atoms with Gasteiger partial charge < -0.3 is 19.9 Å². The quantitative estimate of drug-likeness (QED) is 0.584. The van der Waals surface area contributed by atoms with E-state index >= 15 is 0 Å². The number of aryl methyl sites for hydroxylation is 2. The summed E-state index contributed by atoms with van der Waals surface area (Å²) in [6.07, 6.45) is 6.65. The van der Waals surface area contributed by atoms with E-state index in [9.17, 15) is 0 Å². The molecule has 1 aliphatic heterocycles. The van der Waals surface area contributed by atoms with Crippen molar-refractivity contribution in [2.24, 2.45) is 0 Å². The summed E-state index contributed by atoms with van der Waals surface area (Å²) in [6, 6.07) is 8.92. The topological polar surface area (TPSA) is 69.2 Å². The smallest absolute Gasteiger partial charge is 0.152 e. The second-order valence-electron chi connectivity index (χ2n) is 8.17. The number of fused-ring (bicyclic) bond motifs is 3. The molecule has 29 heavy (non-hydrogen) atoms. The van der Waals surface area contributed by atoms with Gasteiger partial charge in [-0.2, -0.15) is 0 Å². The molecular formula is C23H33N5O. The number of nitrogens with zero attached hydrogens (tertiary/aromatic N) is 4. The number of nitrogen functional groups attached to an aromatic ring is 1. The zero-order valence-electron chi connectivity index (χ0n) is 17.7. The van der Waals surface area contributed by atoms with E-state index in [4.69, 9.17) is 15.5 Å². The second-order valence-corrected chi connectivity index (χ2v) is 8.17. The van der Waals surface area contributed by atoms with Gasteiger partial charge >= 0.3 is 0 Å². The molecule has 1 fully saturated rings. The number of nitrogens with two attached hydrogens (primary N) is 1. The number of benzene rings is 1. The summed E-state index contributed by atoms with van der Waals surface area (Å²) in [6.45, 7) is 6.11. The number of para-hydroxylation sites is 1. The van der Waals surface area contributed by atoms with Crippen LogP contribution >= 0.6 is 0 Å². The molecule has 0 radical (unpaired) electrons. The fourth-order valence-electron chi connectivity index (χ4n) is 4.50. The van der Waals surface area contributed by atoms with Gasteiger partial charge in [0.05, 0.1) is 11.0 Å². The lowest BCUT2D eigenvalue weighted by molar-refractivity contribution is 0.0425. The number of anilines is 1. The molecule has 4 rings (SSSR count). The summed E-state index contributed by atoms with van der Waals surface area (Å²) in [7, 11) is 2.25. The van der Waals surface area contributed by atoms with Crippen molar-refractivity contribution < 1.29 is 4.74 Å². The molecule has 1 aliphatic rings. The number of pyridine rings is 1. The van der Waals surface area contributed by atoms with E-state index in [0.29, 0.717) is 11.9 Å². The monoisotopic (exact) mass is 395 g/mol. The van der Waals surface area contributed by atoms with Gasteiger partial charge in [0, 0.05) is 37.6 Å². The number of imidazole rings is 1. The number of hydrogen-bond acceptors (Lipinski definition) is 5. The largest absolute Gasteiger partial charge is 0.382 e. The molecule has 2 N–H and O–H groups in total. The van der Waals surface area contributed by atoms with Gasteiger partial charge in [0.1, 0.15) is 11.3 Å². The van der Waals surface area contributed by atoms with Crippen molar-refractivity contribution in [1.29, 1.82) is 0 Å². The van der Waals surface area contributed by atoms with Crippen LogP contribution in [0, 0.1) is 0 Å². The van der Waals surface area contributed by atoms with Crippen LogP contribution in [0.3, 0.4) is 0 Å². The van der Waals surface area contributed by atoms with Gasteiger partial charge in [-0.25, -0.2) is 9.97 Å². The van der Waals surface area contributed by atoms with E-state index in [1.54, 1.807) is 0 Å². The van der Waals surface area contributed by atoms with Crippen molar-refractivity contribution in [3.05, 3.63) is 30.1 Å². The highest BCUT2D eigenvalue weighted by Gasteiger charge is 2.19. The minimum Gasteiger partial charge on any atom is -0.382 e. The Bertz CT molecular complexity index is 961. The van der Waals surface area contributed by atoms with Crippen molar-refractivity contribution in [2.75, 3.05) is 32.5 Å². The van der Waals surface area contributed by atoms with Crippen LogP contribution < -0.4 is 5.73 Å². The molecule has 1 saturated heterocycles. The molecular weight excluding hydrogens is 362 g/mol. The number of hydrogen-bond donors (Lipinski definition) is 1. The molecule has 0 saturated carbocycles. The third kappa shape index (κ3) is 4.23. The summed E-state index contributed by atoms with van der Waals surface area (Å²) >= 11 is 0. The molecule has 3 aromatic rings. The lowest BCUT2D eigenvalue weighted by atomic mass is 10.1. The van der Waals surface area contributed by atoms with E-state index in [1.165, 1.54) is 6.42 Å². The zero-order valence-corrected chi connectivity index (χ0v) is 17.7. The van der Waals surface area contributed by atoms with Gasteiger partial charge in [-0.3, -0.25) is 0 Å². The van der Waals surface area contributed by atoms with Crippen LogP contribution in [-0.4, -0.2) is 52.3 Å². The third-order valence-corrected chi connectivity index (χ3v) is 6.12. The SMILES string of the molecule is CCCc1nc2c(N)nc3ccccc3c2n1CCCCN(C)C1CCOCC1. The normalized spacial score (nSPS) is 15.7. The Balaban J connectivity index is 1.53. The summed E-state index contributed by atoms with van der Waals surface area (Å²) in [5.41, 5.74) is 9.22. The van der Waals surface area contributed by atoms with Gasteiger partial charge in [0.15, 0.2) is 5.82 Å². The molecule has 6 nitrogen and oxygen atoms in total. The van der Waals surface area contributed by atoms with Crippen LogP contribution in [-0.2, 0) is 17.7 Å². The van der Waals surface area contributed by atoms with Crippen LogP contribution in [0.15, 0.2) is 24.3 Å². The molecule has 0 aliphatic carbocycles. The maximum Gasteiger partial charge on any atom is 0.152 e. The standard InChI is InChI=1S/C23H33N5O/c1-3-8-20-26-21-22(18-9-4-5-10-19(18)25-23(21)24)28(20)14-7-6-13-27(2)17-11-15-29-16-12-17/h4-5,9-10,17H,3,6-8,11-16H2,1-2H3,(H2,24,25). The van der Waals surface area contributed by atoms with Gasteiger partial charge in [0.25, 0.3) is 0 Å². The summed E-state index contributed by atoms with van der Waals surface area (Å²) < 4.78 is 7.89. The maximum absolute atomic E-state index is 6.27. The van der Waals surface area contributed by atoms with Crippen LogP contribution in [0.2, 0.25) is 0 Å². The highest BCUT2D eigenvalue weighted by molar-refractivity contribution is 6.06. The highest BCUT2D eigenvalue weighted by Crippen LogP contribution is 2.29. The van der Waals surface area contributed by atoms with Crippen LogP contribution in [0.4, 0.5) is 5.82 Å². The van der Waals surface area contributed by atoms with E-state index in [0.717, 1.165) is 86.2 Å². The third-order valence-electron chi connectivity index (χ3n) is 6.12. The number of ether oxygens (including phenoxy) is 1. The predicted octanol–water partition coefficient (Wildman–Crippen LogP) is 4.01. The zero-order chi connectivity index (χ0) is 20.2. The van der Waals surface area contributed by atoms with Gasteiger partial charge in [-0.15, -0.1) is 0 Å². The Kier molecular flexibility index (Phi) is 6.31. The molecule has 3 heterocycles. The van der Waals surface area contributed by atoms with Crippen LogP contribution in [0.25, 0.3) is 21.9 Å². The summed E-state index contributed by atoms with van der Waals surface area (Å²) in [4.78, 5) is 12.0. The van der Waals surface area contributed by atoms with Crippen molar-refractivity contribution in [3.8, 4) is 0 Å². The molecule has 0 unspecified atom stereocenters. The molecule has 156 valence electrons. The average molecular weight is 396 g/mol. The van der Waals surface area contributed by atoms with Crippen LogP contribution in [0.1, 0.15) is 44.9 Å². The molecule has 0 spiro atoms. The van der Waals surface area contributed by atoms with Crippen LogP contribution in [0.5, 0.6) is 0 Å². The number of unbranched alkanes of at least 4 members (excludes halogenated alkanes) is 1. The number of aromatic nitrogens is 3. The summed E-state index contributed by atoms with van der Waals surface area (Å²) in [5.74, 6) is 1.67. The lowest BCUT2D eigenvalue weighted by Gasteiger charge is -2.31. The average Bonchev–Trinajstić information content (AvgIpc) is 3.11. The van der Waals surface area contributed by atoms with Crippen molar-refractivity contribution in [3.63, 3.8) is 0 Å². The van der Waals surface area contributed by atoms with E-state index in [2.05, 4.69) is 40.6 Å². The fourth-order valence-corrected chi connectivity index (χ4v) is 4.50. The summed E-state index contributed by atoms with van der Waals surface area (Å²) in [5, 5.41) is 1.14. The Morgan fingerprint density at radius 1 is 1.17 bits per heavy atom. The molecule has 0 atom stereocenters. The molecule has 2 aromatic heterocycles. The first-order valence-electron chi connectivity index (χ1n) is 11.0. The van der Waals surface area contributed by atoms with Gasteiger partial charge in [-0.1, -0.05) is 25.1 Å². The van der Waals surface area contributed by atoms with E-state index < -0.39 is 0 Å². The molecule has 0 bridgehead atoms. The molecule has 1 aromatic carbocycles. The van der Waals surface area contributed by atoms with E-state index in [1.807, 2.05) is 12.1 Å². The van der Waals surface area contributed by atoms with E-state index in [-0.39, 0.29) is 0 Å². The maximum atomic E-state index is 6.27. The first kappa shape index (κ1) is 20.1. The Labute approximate surface area is 173 Å². The minimum absolute atomic E-state index is 0.536. The molecule has 6 heteroatoms. The minimum atomic E-state index is 0.536. The lowest BCUT2D eigenvalue weighted by Crippen LogP contribution is -2.37. The molecule has 0 amide bonds. The van der Waals surface area contributed by atoms with Gasteiger partial charge in [-0.05, 0) is 51.8 Å². The van der Waals surface area contributed by atoms with Crippen molar-refractivity contribution >= 4 is 27.8 Å². The Hall–Kier alpha value is -2.18. The van der Waals surface area contributed by atoms with Gasteiger partial charge in [0.2, 0.25) is 0 Å². The van der Waals surface area contributed by atoms with Crippen molar-refractivity contribution in [2.45, 2.75) is 58.0 Å². The Morgan fingerprint density at radius 3 is 2.76 bits per heavy atom. The second kappa shape index (κ2) is 9.09. The first-order valence-corrected chi connectivity index (χ1v) is 11.0. The van der Waals surface area contributed by atoms with Crippen molar-refractivity contribution in [1.82, 2.24) is 19.4 Å². The predicted molar refractivity (Wildman–Crippen MR) is 119 cm³/mol.